The van der Waals surface area contributed by atoms with E-state index in [-0.39, 0.29) is 153 Å². The van der Waals surface area contributed by atoms with Crippen LogP contribution in [0.15, 0.2) is 87.5 Å². The van der Waals surface area contributed by atoms with Gasteiger partial charge >= 0.3 is 107 Å². The van der Waals surface area contributed by atoms with Crippen LogP contribution in [0.4, 0.5) is 0 Å². The molecule has 89 heavy (non-hydrogen) atoms. The van der Waals surface area contributed by atoms with Gasteiger partial charge in [0.1, 0.15) is 68.7 Å². The first-order chi connectivity index (χ1) is 40.1. The predicted octanol–water partition coefficient (Wildman–Crippen LogP) is -1.60. The van der Waals surface area contributed by atoms with Crippen LogP contribution in [0.1, 0.15) is 187 Å². The van der Waals surface area contributed by atoms with Crippen molar-refractivity contribution in [3.05, 3.63) is 89.5 Å². The summed E-state index contributed by atoms with van der Waals surface area (Å²) < 4.78 is 122. The maximum atomic E-state index is 12.9. The van der Waals surface area contributed by atoms with E-state index >= 15 is 0 Å². The number of aliphatic hydroxyl groups excluding tert-OH is 2. The molecule has 1 fully saturated rings. The molecule has 6 atom stereocenters. The molecule has 22 nitrogen and oxygen atoms in total. The van der Waals surface area contributed by atoms with E-state index in [1.165, 1.54) is 49.2 Å². The second kappa shape index (κ2) is 44.3. The van der Waals surface area contributed by atoms with Crippen LogP contribution >= 0.6 is 0 Å². The van der Waals surface area contributed by atoms with Gasteiger partial charge in [0.25, 0.3) is 0 Å². The van der Waals surface area contributed by atoms with E-state index in [2.05, 4.69) is 10.6 Å². The number of nitrogens with one attached hydrogen (secondary N) is 2. The van der Waals surface area contributed by atoms with Crippen molar-refractivity contribution in [1.29, 1.82) is 0 Å². The topological polar surface area (TPSA) is 380 Å². The Balaban J connectivity index is 0. The van der Waals surface area contributed by atoms with Gasteiger partial charge in [-0.2, -0.15) is 0 Å². The summed E-state index contributed by atoms with van der Waals surface area (Å²) in [5.41, 5.74) is 10.7. The van der Waals surface area contributed by atoms with Crippen molar-refractivity contribution >= 4 is 48.3 Å². The standard InChI is InChI=1S/C38H60N2O12S2.C17H24O6S.C6H16N2.3Na/c1-7-27(29-13-17-31(18-14-29)53(45,46)47)23-37(3,4)35(43)51-25-33(41)39-21-11-9-10-12-22-40-34(42)26-52-36(44)38(5,6)24-28(8-2)30-15-19-32(20-16-30)54(48,49)50;1-4-12(13-5-7-15(8-6-13)24(19,20)21)9-17(2,3)16(18)23-11-14-10-22-14;7-5-3-1-2-4-6-8;;;/h13-20,27-28,33-34,39-42H,7-12,21-26H2,1-6H3,(H,45,46,47)(H,48,49,50);5-8,12,14H,4,9-11H2,1-3H3,(H,19,20,21);1-8H2;;;/q;;;3*+1/p-3. The molecule has 0 amide bonds. The van der Waals surface area contributed by atoms with Gasteiger partial charge in [0, 0.05) is 0 Å². The fraction of sp³-hybridized carbons (Fsp3) is 0.656. The Morgan fingerprint density at radius 1 is 0.506 bits per heavy atom. The van der Waals surface area contributed by atoms with Gasteiger partial charge < -0.3 is 54.3 Å². The Labute approximate surface area is 597 Å². The molecule has 1 heterocycles. The van der Waals surface area contributed by atoms with Crippen LogP contribution < -0.4 is 111 Å². The predicted molar refractivity (Wildman–Crippen MR) is 323 cm³/mol. The smallest absolute Gasteiger partial charge is 0.744 e. The molecule has 0 bridgehead atoms. The van der Waals surface area contributed by atoms with Crippen molar-refractivity contribution in [2.45, 2.75) is 203 Å². The number of epoxide rings is 1. The number of esters is 3. The van der Waals surface area contributed by atoms with Gasteiger partial charge in [0.2, 0.25) is 0 Å². The third-order valence-corrected chi connectivity index (χ3v) is 17.4. The Bertz CT molecular complexity index is 2700. The average molecular weight is 1340 g/mol. The van der Waals surface area contributed by atoms with Gasteiger partial charge in [-0.3, -0.25) is 25.0 Å². The molecule has 0 aromatic heterocycles. The molecule has 0 spiro atoms. The van der Waals surface area contributed by atoms with Crippen LogP contribution in [0.3, 0.4) is 0 Å². The van der Waals surface area contributed by atoms with E-state index in [1.807, 2.05) is 34.6 Å². The third-order valence-electron chi connectivity index (χ3n) is 14.9. The van der Waals surface area contributed by atoms with Crippen LogP contribution in [0.5, 0.6) is 0 Å². The van der Waals surface area contributed by atoms with Gasteiger partial charge in [-0.25, -0.2) is 25.3 Å². The Kier molecular flexibility index (Phi) is 44.6. The zero-order chi connectivity index (χ0) is 64.9. The molecule has 3 aromatic carbocycles. The number of rotatable bonds is 38. The number of hydrogen-bond donors (Lipinski definition) is 6. The Morgan fingerprint density at radius 3 is 1.00 bits per heavy atom. The molecule has 6 unspecified atom stereocenters. The molecule has 490 valence electrons. The monoisotopic (exact) mass is 1340 g/mol. The van der Waals surface area contributed by atoms with Crippen LogP contribution in [-0.4, -0.2) is 138 Å². The molecule has 0 aliphatic carbocycles. The summed E-state index contributed by atoms with van der Waals surface area (Å²) in [5.74, 6) is -1.30. The number of aliphatic hydroxyl groups is 2. The molecule has 3 aromatic rings. The summed E-state index contributed by atoms with van der Waals surface area (Å²) in [7, 11) is -13.5. The number of nitrogens with two attached hydrogens (primary N) is 2. The number of carbonyl (C=O) groups is 3. The number of carbonyl (C=O) groups excluding carboxylic acids is 3. The first-order valence-corrected chi connectivity index (χ1v) is 33.9. The fourth-order valence-corrected chi connectivity index (χ4v) is 10.8. The minimum atomic E-state index is -4.54. The fourth-order valence-electron chi connectivity index (χ4n) is 9.44. The molecule has 28 heteroatoms. The average Bonchev–Trinajstić information content (AvgIpc) is 4.38. The summed E-state index contributed by atoms with van der Waals surface area (Å²) in [6.45, 7) is 19.7. The van der Waals surface area contributed by atoms with Crippen molar-refractivity contribution in [2.75, 3.05) is 52.6 Å². The Hall–Kier alpha value is -1.48. The van der Waals surface area contributed by atoms with Crippen molar-refractivity contribution in [3.63, 3.8) is 0 Å². The summed E-state index contributed by atoms with van der Waals surface area (Å²) in [6, 6.07) is 17.3. The van der Waals surface area contributed by atoms with E-state index in [0.717, 1.165) is 74.7 Å². The van der Waals surface area contributed by atoms with E-state index in [1.54, 1.807) is 64.1 Å². The van der Waals surface area contributed by atoms with Crippen molar-refractivity contribution in [2.24, 2.45) is 27.7 Å². The van der Waals surface area contributed by atoms with Gasteiger partial charge in [-0.15, -0.1) is 0 Å². The quantitative estimate of drug-likeness (QED) is 0.00715. The van der Waals surface area contributed by atoms with Crippen LogP contribution in [0.25, 0.3) is 0 Å². The molecule has 0 saturated carbocycles. The van der Waals surface area contributed by atoms with E-state index in [9.17, 15) is 63.5 Å². The SMILES string of the molecule is CCC(CC(C)(C)C(=O)OCC(O)NCCCCCCNC(O)COC(=O)C(C)(C)CC(CC)c1ccc(S(=O)(=O)[O-])cc1)c1ccc(S(=O)(=O)[O-])cc1.CCC(CC(C)(C)C(=O)OCC1CO1)c1ccc(S(=O)(=O)[O-])cc1.NCCCCCCN.[Na+].[Na+].[Na+]. The van der Waals surface area contributed by atoms with Gasteiger partial charge in [-0.1, -0.05) is 82.9 Å². The van der Waals surface area contributed by atoms with Crippen LogP contribution in [0.2, 0.25) is 0 Å². The van der Waals surface area contributed by atoms with Gasteiger partial charge in [0.05, 0.1) is 37.5 Å². The molecule has 1 aliphatic heterocycles. The molecule has 0 radical (unpaired) electrons. The van der Waals surface area contributed by atoms with Crippen molar-refractivity contribution in [1.82, 2.24) is 10.6 Å². The minimum Gasteiger partial charge on any atom is -0.744 e. The maximum Gasteiger partial charge on any atom is 1.00 e. The van der Waals surface area contributed by atoms with E-state index in [4.69, 9.17) is 30.4 Å². The summed E-state index contributed by atoms with van der Waals surface area (Å²) in [4.78, 5) is 37.1. The molecule has 8 N–H and O–H groups in total. The number of benzene rings is 3. The number of unbranched alkanes of at least 4 members (excludes halogenated alkanes) is 6. The summed E-state index contributed by atoms with van der Waals surface area (Å²) in [5, 5.41) is 26.4. The maximum absolute atomic E-state index is 12.9. The normalized spacial score (nSPS) is 15.0. The first-order valence-electron chi connectivity index (χ1n) is 29.7. The summed E-state index contributed by atoms with van der Waals surface area (Å²) in [6.07, 6.45) is 9.53. The van der Waals surface area contributed by atoms with Crippen LogP contribution in [0, 0.1) is 16.2 Å². The first kappa shape index (κ1) is 89.6. The number of ether oxygens (including phenoxy) is 4. The minimum absolute atomic E-state index is 0. The van der Waals surface area contributed by atoms with E-state index in [0.29, 0.717) is 51.8 Å². The summed E-state index contributed by atoms with van der Waals surface area (Å²) >= 11 is 0. The zero-order valence-electron chi connectivity index (χ0n) is 54.8. The second-order valence-electron chi connectivity index (χ2n) is 23.7. The van der Waals surface area contributed by atoms with Crippen molar-refractivity contribution in [3.8, 4) is 0 Å². The van der Waals surface area contributed by atoms with E-state index < -0.39 is 71.0 Å². The Morgan fingerprint density at radius 2 is 0.764 bits per heavy atom. The molecule has 1 aliphatic rings. The molecular formula is C61H97N4Na3O18S3. The third kappa shape index (κ3) is 35.7. The second-order valence-corrected chi connectivity index (χ2v) is 27.9. The van der Waals surface area contributed by atoms with Gasteiger partial charge in [0.15, 0.2) is 0 Å². The number of hydrogen-bond acceptors (Lipinski definition) is 22. The van der Waals surface area contributed by atoms with Crippen LogP contribution in [-0.2, 0) is 63.7 Å². The molecule has 4 rings (SSSR count). The largest absolute Gasteiger partial charge is 1.00 e. The van der Waals surface area contributed by atoms with Gasteiger partial charge in [-0.05, 0) is 203 Å². The molecule has 1 saturated heterocycles. The zero-order valence-corrected chi connectivity index (χ0v) is 63.2. The van der Waals surface area contributed by atoms with Crippen molar-refractivity contribution < 1.29 is 171 Å². The molecular weight excluding hydrogens is 1240 g/mol.